The number of rotatable bonds is 3. The number of fused-ring (bicyclic) bond motifs is 3. The second kappa shape index (κ2) is 9.93. The highest BCUT2D eigenvalue weighted by molar-refractivity contribution is 6.30. The number of aromatic nitrogens is 5. The molecule has 2 aromatic heterocycles. The second-order valence-corrected chi connectivity index (χ2v) is 11.3. The summed E-state index contributed by atoms with van der Waals surface area (Å²) in [6, 6.07) is 7.65. The number of halogens is 1. The van der Waals surface area contributed by atoms with E-state index in [9.17, 15) is 4.79 Å². The molecule has 196 valence electrons. The summed E-state index contributed by atoms with van der Waals surface area (Å²) in [6.45, 7) is 10.1. The van der Waals surface area contributed by atoms with Crippen molar-refractivity contribution in [3.63, 3.8) is 0 Å². The van der Waals surface area contributed by atoms with Gasteiger partial charge in [-0.25, -0.2) is 9.78 Å². The number of aryl methyl sites for hydroxylation is 2. The molecule has 9 nitrogen and oxygen atoms in total. The van der Waals surface area contributed by atoms with Crippen molar-refractivity contribution in [2.45, 2.75) is 91.0 Å². The van der Waals surface area contributed by atoms with Crippen molar-refractivity contribution in [1.82, 2.24) is 29.6 Å². The summed E-state index contributed by atoms with van der Waals surface area (Å²) in [7, 11) is 0. The van der Waals surface area contributed by atoms with Gasteiger partial charge in [-0.2, -0.15) is 4.98 Å². The summed E-state index contributed by atoms with van der Waals surface area (Å²) < 4.78 is 14.0. The maximum Gasteiger partial charge on any atom is 0.411 e. The lowest BCUT2D eigenvalue weighted by Crippen LogP contribution is -2.35. The second-order valence-electron chi connectivity index (χ2n) is 10.9. The summed E-state index contributed by atoms with van der Waals surface area (Å²) in [5, 5.41) is 9.77. The fraction of sp³-hybridized carbons (Fsp3) is 0.519. The van der Waals surface area contributed by atoms with Gasteiger partial charge in [0.15, 0.2) is 5.82 Å². The number of ether oxygens (including phenoxy) is 2. The van der Waals surface area contributed by atoms with Gasteiger partial charge < -0.3 is 9.47 Å². The lowest BCUT2D eigenvalue weighted by Gasteiger charge is -2.28. The van der Waals surface area contributed by atoms with Crippen molar-refractivity contribution in [2.75, 3.05) is 0 Å². The van der Waals surface area contributed by atoms with E-state index < -0.39 is 5.60 Å². The van der Waals surface area contributed by atoms with Crippen molar-refractivity contribution in [1.29, 1.82) is 0 Å². The molecule has 0 spiro atoms. The number of carbonyl (C=O) groups is 1. The van der Waals surface area contributed by atoms with Crippen LogP contribution in [-0.2, 0) is 17.8 Å². The molecule has 0 N–H and O–H groups in total. The topological polar surface area (TPSA) is 95.3 Å². The van der Waals surface area contributed by atoms with Crippen molar-refractivity contribution in [2.24, 2.45) is 0 Å². The van der Waals surface area contributed by atoms with Crippen LogP contribution < -0.4 is 4.74 Å². The molecule has 0 unspecified atom stereocenters. The van der Waals surface area contributed by atoms with E-state index in [0.29, 0.717) is 35.6 Å². The van der Waals surface area contributed by atoms with Crippen molar-refractivity contribution < 1.29 is 14.3 Å². The molecular formula is C27H33ClN6O3. The molecule has 3 aromatic rings. The Kier molecular flexibility index (Phi) is 6.83. The van der Waals surface area contributed by atoms with Gasteiger partial charge in [0.25, 0.3) is 0 Å². The molecule has 1 aliphatic heterocycles. The molecule has 10 heteroatoms. The quantitative estimate of drug-likeness (QED) is 0.434. The third kappa shape index (κ3) is 5.71. The summed E-state index contributed by atoms with van der Waals surface area (Å²) in [4.78, 5) is 23.4. The Bertz CT molecular complexity index is 1290. The number of carbonyl (C=O) groups excluding carboxylic acids is 1. The molecule has 5 rings (SSSR count). The Morgan fingerprint density at radius 3 is 2.49 bits per heavy atom. The van der Waals surface area contributed by atoms with E-state index in [1.165, 1.54) is 0 Å². The molecule has 2 aliphatic rings. The predicted octanol–water partition coefficient (Wildman–Crippen LogP) is 5.68. The van der Waals surface area contributed by atoms with Gasteiger partial charge in [-0.05, 0) is 84.1 Å². The number of nitrogens with zero attached hydrogens (tertiary/aromatic N) is 6. The van der Waals surface area contributed by atoms with Crippen LogP contribution in [0.15, 0.2) is 24.3 Å². The van der Waals surface area contributed by atoms with E-state index in [1.807, 2.05) is 58.9 Å². The molecular weight excluding hydrogens is 492 g/mol. The SMILES string of the molecule is Cc1cc(OC2CCC(c3nnc4n3-c3ccc(Cl)cc3CN(C(=O)OC(C)(C)C)C4)CC2)nc(C)n1. The van der Waals surface area contributed by atoms with Crippen LogP contribution in [0.2, 0.25) is 5.02 Å². The van der Waals surface area contributed by atoms with Crippen molar-refractivity contribution in [3.8, 4) is 11.6 Å². The third-order valence-corrected chi connectivity index (χ3v) is 6.89. The van der Waals surface area contributed by atoms with E-state index in [2.05, 4.69) is 24.7 Å². The molecule has 1 saturated carbocycles. The average molecular weight is 525 g/mol. The van der Waals surface area contributed by atoms with Crippen molar-refractivity contribution >= 4 is 17.7 Å². The Morgan fingerprint density at radius 1 is 1.03 bits per heavy atom. The van der Waals surface area contributed by atoms with E-state index in [-0.39, 0.29) is 18.1 Å². The van der Waals surface area contributed by atoms with E-state index in [0.717, 1.165) is 48.5 Å². The normalized spacial score (nSPS) is 19.6. The molecule has 3 heterocycles. The maximum atomic E-state index is 13.0. The summed E-state index contributed by atoms with van der Waals surface area (Å²) in [6.07, 6.45) is 3.35. The van der Waals surface area contributed by atoms with Gasteiger partial charge in [0.2, 0.25) is 5.88 Å². The van der Waals surface area contributed by atoms with E-state index >= 15 is 0 Å². The highest BCUT2D eigenvalue weighted by atomic mass is 35.5. The van der Waals surface area contributed by atoms with Gasteiger partial charge in [0.05, 0.1) is 18.8 Å². The first-order chi connectivity index (χ1) is 17.6. The molecule has 1 aromatic carbocycles. The first kappa shape index (κ1) is 25.4. The van der Waals surface area contributed by atoms with Gasteiger partial charge in [-0.3, -0.25) is 9.47 Å². The fourth-order valence-corrected chi connectivity index (χ4v) is 5.29. The number of hydrogen-bond acceptors (Lipinski definition) is 7. The predicted molar refractivity (Wildman–Crippen MR) is 139 cm³/mol. The standard InChI is InChI=1S/C27H33ClN6O3/c1-16-12-24(30-17(2)29-16)36-21-9-6-18(7-10-21)25-32-31-23-15-33(26(35)37-27(3,4)5)14-19-13-20(28)8-11-22(19)34(23)25/h8,11-13,18,21H,6-7,9-10,14-15H2,1-5H3. The minimum absolute atomic E-state index is 0.102. The van der Waals surface area contributed by atoms with E-state index in [4.69, 9.17) is 21.1 Å². The zero-order chi connectivity index (χ0) is 26.3. The fourth-order valence-electron chi connectivity index (χ4n) is 5.10. The Labute approximate surface area is 222 Å². The molecule has 1 fully saturated rings. The van der Waals surface area contributed by atoms with Gasteiger partial charge in [0.1, 0.15) is 23.4 Å². The first-order valence-corrected chi connectivity index (χ1v) is 13.1. The zero-order valence-corrected chi connectivity index (χ0v) is 22.7. The summed E-state index contributed by atoms with van der Waals surface area (Å²) in [5.74, 6) is 3.21. The van der Waals surface area contributed by atoms with E-state index in [1.54, 1.807) is 4.90 Å². The van der Waals surface area contributed by atoms with Crippen LogP contribution in [0.3, 0.4) is 0 Å². The average Bonchev–Trinajstić information content (AvgIpc) is 3.13. The smallest absolute Gasteiger partial charge is 0.411 e. The van der Waals surface area contributed by atoms with Crippen LogP contribution in [0.25, 0.3) is 5.69 Å². The van der Waals surface area contributed by atoms with Gasteiger partial charge in [-0.15, -0.1) is 10.2 Å². The minimum Gasteiger partial charge on any atom is -0.474 e. The highest BCUT2D eigenvalue weighted by Crippen LogP contribution is 2.37. The maximum absolute atomic E-state index is 13.0. The Morgan fingerprint density at radius 2 is 1.78 bits per heavy atom. The number of benzene rings is 1. The summed E-state index contributed by atoms with van der Waals surface area (Å²) >= 11 is 6.36. The zero-order valence-electron chi connectivity index (χ0n) is 22.0. The highest BCUT2D eigenvalue weighted by Gasteiger charge is 2.33. The van der Waals surface area contributed by atoms with Gasteiger partial charge in [0, 0.05) is 22.7 Å². The number of amides is 1. The Balaban J connectivity index is 1.38. The third-order valence-electron chi connectivity index (χ3n) is 6.65. The lowest BCUT2D eigenvalue weighted by molar-refractivity contribution is 0.0214. The molecule has 1 amide bonds. The van der Waals surface area contributed by atoms with Gasteiger partial charge in [-0.1, -0.05) is 11.6 Å². The molecule has 0 bridgehead atoms. The monoisotopic (exact) mass is 524 g/mol. The molecule has 37 heavy (non-hydrogen) atoms. The summed E-state index contributed by atoms with van der Waals surface area (Å²) in [5.41, 5.74) is 2.20. The van der Waals surface area contributed by atoms with Gasteiger partial charge >= 0.3 is 6.09 Å². The molecule has 1 aliphatic carbocycles. The van der Waals surface area contributed by atoms with Crippen LogP contribution in [-0.4, -0.2) is 47.4 Å². The largest absolute Gasteiger partial charge is 0.474 e. The molecule has 0 atom stereocenters. The molecule has 0 saturated heterocycles. The van der Waals surface area contributed by atoms with Crippen LogP contribution >= 0.6 is 11.6 Å². The van der Waals surface area contributed by atoms with Crippen molar-refractivity contribution in [3.05, 3.63) is 58.0 Å². The minimum atomic E-state index is -0.594. The first-order valence-electron chi connectivity index (χ1n) is 12.8. The van der Waals surface area contributed by atoms with Crippen LogP contribution in [0.5, 0.6) is 5.88 Å². The van der Waals surface area contributed by atoms with Crippen LogP contribution in [0.1, 0.15) is 81.1 Å². The molecule has 0 radical (unpaired) electrons. The van der Waals surface area contributed by atoms with Crippen LogP contribution in [0, 0.1) is 13.8 Å². The lowest BCUT2D eigenvalue weighted by atomic mass is 9.86. The van der Waals surface area contributed by atoms with Crippen LogP contribution in [0.4, 0.5) is 4.79 Å². The number of hydrogen-bond donors (Lipinski definition) is 0. The Hall–Kier alpha value is -3.20.